The van der Waals surface area contributed by atoms with Crippen LogP contribution in [0.4, 0.5) is 0 Å². The van der Waals surface area contributed by atoms with Gasteiger partial charge in [0, 0.05) is 12.1 Å². The summed E-state index contributed by atoms with van der Waals surface area (Å²) in [5, 5.41) is 7.43. The molecule has 4 nitrogen and oxygen atoms in total. The normalized spacial score (nSPS) is 10.5. The number of halogens is 1. The molecule has 0 saturated heterocycles. The van der Waals surface area contributed by atoms with Crippen LogP contribution < -0.4 is 10.5 Å². The molecule has 0 saturated carbocycles. The maximum Gasteiger partial charge on any atom is 0.137 e. The van der Waals surface area contributed by atoms with Crippen molar-refractivity contribution < 1.29 is 4.74 Å². The number of benzene rings is 1. The summed E-state index contributed by atoms with van der Waals surface area (Å²) < 4.78 is 5.39. The molecule has 1 aromatic carbocycles. The standard InChI is InChI=1S/C12H14ClN3O/c1-2-17-12-4-3-8(5-10(12)13)9-7-15-16-11(9)6-14/h3-5,7H,2,6,14H2,1H3,(H,15,16). The molecule has 90 valence electrons. The van der Waals surface area contributed by atoms with E-state index in [4.69, 9.17) is 22.1 Å². The average molecular weight is 252 g/mol. The van der Waals surface area contributed by atoms with Crippen LogP contribution in [-0.4, -0.2) is 16.8 Å². The smallest absolute Gasteiger partial charge is 0.137 e. The molecule has 0 atom stereocenters. The molecule has 0 aliphatic carbocycles. The topological polar surface area (TPSA) is 63.9 Å². The van der Waals surface area contributed by atoms with E-state index in [1.807, 2.05) is 25.1 Å². The molecule has 3 N–H and O–H groups in total. The van der Waals surface area contributed by atoms with Crippen molar-refractivity contribution in [2.45, 2.75) is 13.5 Å². The maximum atomic E-state index is 6.13. The van der Waals surface area contributed by atoms with Gasteiger partial charge in [-0.05, 0) is 24.6 Å². The second kappa shape index (κ2) is 5.21. The van der Waals surface area contributed by atoms with E-state index in [2.05, 4.69) is 10.2 Å². The number of H-pyrrole nitrogens is 1. The number of rotatable bonds is 4. The number of nitrogens with zero attached hydrogens (tertiary/aromatic N) is 1. The highest BCUT2D eigenvalue weighted by Gasteiger charge is 2.09. The van der Waals surface area contributed by atoms with Crippen LogP contribution in [-0.2, 0) is 6.54 Å². The average Bonchev–Trinajstić information content (AvgIpc) is 2.80. The molecule has 2 rings (SSSR count). The highest BCUT2D eigenvalue weighted by atomic mass is 35.5. The zero-order chi connectivity index (χ0) is 12.3. The van der Waals surface area contributed by atoms with Gasteiger partial charge in [0.15, 0.2) is 0 Å². The molecule has 17 heavy (non-hydrogen) atoms. The van der Waals surface area contributed by atoms with Crippen LogP contribution in [0.5, 0.6) is 5.75 Å². The summed E-state index contributed by atoms with van der Waals surface area (Å²) in [6.45, 7) is 2.94. The number of hydrogen-bond donors (Lipinski definition) is 2. The summed E-state index contributed by atoms with van der Waals surface area (Å²) in [5.74, 6) is 0.690. The molecule has 0 bridgehead atoms. The molecule has 5 heteroatoms. The third-order valence-corrected chi connectivity index (χ3v) is 2.76. The van der Waals surface area contributed by atoms with Crippen molar-refractivity contribution in [1.82, 2.24) is 10.2 Å². The molecule has 1 aromatic heterocycles. The Morgan fingerprint density at radius 3 is 2.94 bits per heavy atom. The summed E-state index contributed by atoms with van der Waals surface area (Å²) in [6.07, 6.45) is 1.74. The second-order valence-corrected chi connectivity index (χ2v) is 3.95. The molecule has 0 aliphatic heterocycles. The third-order valence-electron chi connectivity index (χ3n) is 2.47. The van der Waals surface area contributed by atoms with Crippen LogP contribution in [0.1, 0.15) is 12.6 Å². The van der Waals surface area contributed by atoms with E-state index in [1.54, 1.807) is 6.20 Å². The molecular formula is C12H14ClN3O. The van der Waals surface area contributed by atoms with Crippen molar-refractivity contribution in [3.63, 3.8) is 0 Å². The first-order chi connectivity index (χ1) is 8.26. The molecule has 0 radical (unpaired) electrons. The minimum Gasteiger partial charge on any atom is -0.492 e. The Labute approximate surface area is 105 Å². The summed E-state index contributed by atoms with van der Waals surface area (Å²) in [5.41, 5.74) is 8.46. The first-order valence-corrected chi connectivity index (χ1v) is 5.79. The lowest BCUT2D eigenvalue weighted by molar-refractivity contribution is 0.340. The molecule has 0 fully saturated rings. The van der Waals surface area contributed by atoms with Crippen molar-refractivity contribution in [1.29, 1.82) is 0 Å². The lowest BCUT2D eigenvalue weighted by atomic mass is 10.1. The quantitative estimate of drug-likeness (QED) is 0.878. The van der Waals surface area contributed by atoms with Gasteiger partial charge in [0.1, 0.15) is 5.75 Å². The van der Waals surface area contributed by atoms with Crippen molar-refractivity contribution in [3.8, 4) is 16.9 Å². The predicted molar refractivity (Wildman–Crippen MR) is 68.1 cm³/mol. The highest BCUT2D eigenvalue weighted by molar-refractivity contribution is 6.32. The van der Waals surface area contributed by atoms with Crippen LogP contribution in [0, 0.1) is 0 Å². The number of nitrogens with two attached hydrogens (primary N) is 1. The SMILES string of the molecule is CCOc1ccc(-c2cn[nH]c2CN)cc1Cl. The summed E-state index contributed by atoms with van der Waals surface area (Å²) >= 11 is 6.13. The number of nitrogens with one attached hydrogen (secondary N) is 1. The third kappa shape index (κ3) is 2.43. The van der Waals surface area contributed by atoms with Crippen molar-refractivity contribution in [3.05, 3.63) is 35.1 Å². The van der Waals surface area contributed by atoms with E-state index < -0.39 is 0 Å². The van der Waals surface area contributed by atoms with E-state index in [1.165, 1.54) is 0 Å². The van der Waals surface area contributed by atoms with Crippen LogP contribution in [0.25, 0.3) is 11.1 Å². The van der Waals surface area contributed by atoms with Gasteiger partial charge in [-0.25, -0.2) is 0 Å². The molecule has 1 heterocycles. The van der Waals surface area contributed by atoms with Gasteiger partial charge in [-0.15, -0.1) is 0 Å². The summed E-state index contributed by atoms with van der Waals surface area (Å²) in [4.78, 5) is 0. The first kappa shape index (κ1) is 12.0. The molecule has 0 amide bonds. The number of hydrogen-bond acceptors (Lipinski definition) is 3. The largest absolute Gasteiger partial charge is 0.492 e. The fourth-order valence-electron chi connectivity index (χ4n) is 1.66. The lowest BCUT2D eigenvalue weighted by Crippen LogP contribution is -1.98. The summed E-state index contributed by atoms with van der Waals surface area (Å²) in [7, 11) is 0. The van der Waals surface area contributed by atoms with Gasteiger partial charge in [0.05, 0.1) is 23.5 Å². The minimum atomic E-state index is 0.417. The van der Waals surface area contributed by atoms with Crippen LogP contribution in [0.3, 0.4) is 0 Å². The van der Waals surface area contributed by atoms with Crippen molar-refractivity contribution in [2.75, 3.05) is 6.61 Å². The molecule has 0 unspecified atom stereocenters. The van der Waals surface area contributed by atoms with Gasteiger partial charge < -0.3 is 10.5 Å². The maximum absolute atomic E-state index is 6.13. The van der Waals surface area contributed by atoms with E-state index in [9.17, 15) is 0 Å². The number of ether oxygens (including phenoxy) is 1. The van der Waals surface area contributed by atoms with E-state index in [-0.39, 0.29) is 0 Å². The zero-order valence-electron chi connectivity index (χ0n) is 9.53. The fourth-order valence-corrected chi connectivity index (χ4v) is 1.89. The van der Waals surface area contributed by atoms with Crippen LogP contribution in [0.2, 0.25) is 5.02 Å². The Bertz CT molecular complexity index is 510. The Kier molecular flexibility index (Phi) is 3.66. The van der Waals surface area contributed by atoms with Gasteiger partial charge in [0.25, 0.3) is 0 Å². The van der Waals surface area contributed by atoms with Crippen molar-refractivity contribution >= 4 is 11.6 Å². The van der Waals surface area contributed by atoms with Gasteiger partial charge >= 0.3 is 0 Å². The molecule has 0 spiro atoms. The monoisotopic (exact) mass is 251 g/mol. The number of aromatic nitrogens is 2. The van der Waals surface area contributed by atoms with E-state index >= 15 is 0 Å². The Morgan fingerprint density at radius 2 is 2.29 bits per heavy atom. The second-order valence-electron chi connectivity index (χ2n) is 3.54. The predicted octanol–water partition coefficient (Wildman–Crippen LogP) is 2.59. The van der Waals surface area contributed by atoms with Crippen LogP contribution >= 0.6 is 11.6 Å². The van der Waals surface area contributed by atoms with Gasteiger partial charge in [-0.3, -0.25) is 5.10 Å². The Hall–Kier alpha value is -1.52. The molecular weight excluding hydrogens is 238 g/mol. The number of aromatic amines is 1. The van der Waals surface area contributed by atoms with E-state index in [0.717, 1.165) is 16.8 Å². The fraction of sp³-hybridized carbons (Fsp3) is 0.250. The van der Waals surface area contributed by atoms with E-state index in [0.29, 0.717) is 23.9 Å². The molecule has 2 aromatic rings. The Balaban J connectivity index is 2.37. The summed E-state index contributed by atoms with van der Waals surface area (Å²) in [6, 6.07) is 5.66. The van der Waals surface area contributed by atoms with Crippen molar-refractivity contribution in [2.24, 2.45) is 5.73 Å². The minimum absolute atomic E-state index is 0.417. The van der Waals surface area contributed by atoms with Gasteiger partial charge in [-0.2, -0.15) is 5.10 Å². The Morgan fingerprint density at radius 1 is 1.47 bits per heavy atom. The van der Waals surface area contributed by atoms with Gasteiger partial charge in [0.2, 0.25) is 0 Å². The lowest BCUT2D eigenvalue weighted by Gasteiger charge is -2.07. The van der Waals surface area contributed by atoms with Gasteiger partial charge in [-0.1, -0.05) is 17.7 Å². The molecule has 0 aliphatic rings. The zero-order valence-corrected chi connectivity index (χ0v) is 10.3. The first-order valence-electron chi connectivity index (χ1n) is 5.41. The van der Waals surface area contributed by atoms with Crippen LogP contribution in [0.15, 0.2) is 24.4 Å². The highest BCUT2D eigenvalue weighted by Crippen LogP contribution is 2.31.